The van der Waals surface area contributed by atoms with Gasteiger partial charge in [0, 0.05) is 16.5 Å². The number of hydrogen-bond donors (Lipinski definition) is 1. The Balaban J connectivity index is 1.79. The first-order valence-corrected chi connectivity index (χ1v) is 10.0. The second kappa shape index (κ2) is 7.64. The van der Waals surface area contributed by atoms with Crippen LogP contribution in [0.5, 0.6) is 0 Å². The maximum Gasteiger partial charge on any atom is 0.410 e. The van der Waals surface area contributed by atoms with Crippen LogP contribution in [0, 0.1) is 0 Å². The van der Waals surface area contributed by atoms with Gasteiger partial charge < -0.3 is 5.32 Å². The summed E-state index contributed by atoms with van der Waals surface area (Å²) < 4.78 is 41.4. The molecule has 1 aromatic heterocycles. The SMILES string of the molecule is CC(C)(NC(=O)c1cc(-c2ccc(Cl)cc2)cc(-n2nnnc2C2CC2)c1)C(F)(F)F. The lowest BCUT2D eigenvalue weighted by Crippen LogP contribution is -2.54. The normalized spacial score (nSPS) is 14.5. The molecule has 10 heteroatoms. The van der Waals surface area contributed by atoms with Gasteiger partial charge in [0.05, 0.1) is 5.69 Å². The summed E-state index contributed by atoms with van der Waals surface area (Å²) in [5.41, 5.74) is -0.460. The van der Waals surface area contributed by atoms with Crippen molar-refractivity contribution >= 4 is 17.5 Å². The van der Waals surface area contributed by atoms with Crippen molar-refractivity contribution in [3.8, 4) is 16.8 Å². The number of amides is 1. The van der Waals surface area contributed by atoms with Crippen LogP contribution in [0.4, 0.5) is 13.2 Å². The molecule has 0 bridgehead atoms. The van der Waals surface area contributed by atoms with Gasteiger partial charge in [0.15, 0.2) is 5.82 Å². The van der Waals surface area contributed by atoms with Crippen LogP contribution in [0.1, 0.15) is 48.8 Å². The smallest absolute Gasteiger partial charge is 0.338 e. The first kappa shape index (κ1) is 21.3. The van der Waals surface area contributed by atoms with Gasteiger partial charge in [-0.1, -0.05) is 23.7 Å². The van der Waals surface area contributed by atoms with E-state index in [0.717, 1.165) is 32.3 Å². The van der Waals surface area contributed by atoms with Gasteiger partial charge in [0.2, 0.25) is 0 Å². The van der Waals surface area contributed by atoms with Crippen molar-refractivity contribution in [3.05, 3.63) is 58.9 Å². The molecule has 2 aromatic carbocycles. The number of benzene rings is 2. The highest BCUT2D eigenvalue weighted by molar-refractivity contribution is 6.30. The van der Waals surface area contributed by atoms with E-state index in [1.54, 1.807) is 30.3 Å². The standard InChI is InChI=1S/C21H19ClF3N5O/c1-20(2,21(23,24)25)26-19(31)15-9-14(12-5-7-16(22)8-6-12)10-17(11-15)30-18(13-3-4-13)27-28-29-30/h5-11,13H,3-4H2,1-2H3,(H,26,31). The molecule has 1 fully saturated rings. The predicted octanol–water partition coefficient (Wildman–Crippen LogP) is 4.93. The molecule has 0 unspecified atom stereocenters. The maximum atomic E-state index is 13.3. The molecule has 0 aliphatic heterocycles. The van der Waals surface area contributed by atoms with Crippen molar-refractivity contribution in [2.75, 3.05) is 0 Å². The van der Waals surface area contributed by atoms with E-state index in [2.05, 4.69) is 20.8 Å². The maximum absolute atomic E-state index is 13.3. The van der Waals surface area contributed by atoms with Crippen LogP contribution in [0.25, 0.3) is 16.8 Å². The minimum absolute atomic E-state index is 0.0667. The Hall–Kier alpha value is -2.94. The Morgan fingerprint density at radius 3 is 2.39 bits per heavy atom. The molecular weight excluding hydrogens is 431 g/mol. The average molecular weight is 450 g/mol. The van der Waals surface area contributed by atoms with Crippen LogP contribution in [0.15, 0.2) is 42.5 Å². The van der Waals surface area contributed by atoms with E-state index in [4.69, 9.17) is 11.6 Å². The lowest BCUT2D eigenvalue weighted by molar-refractivity contribution is -0.182. The summed E-state index contributed by atoms with van der Waals surface area (Å²) in [6.45, 7) is 1.84. The monoisotopic (exact) mass is 449 g/mol. The molecule has 6 nitrogen and oxygen atoms in total. The molecule has 31 heavy (non-hydrogen) atoms. The quantitative estimate of drug-likeness (QED) is 0.599. The number of nitrogens with one attached hydrogen (secondary N) is 1. The molecule has 0 spiro atoms. The zero-order valence-corrected chi connectivity index (χ0v) is 17.5. The molecule has 1 N–H and O–H groups in total. The minimum Gasteiger partial charge on any atom is -0.338 e. The molecular formula is C21H19ClF3N5O. The third-order valence-corrected chi connectivity index (χ3v) is 5.42. The van der Waals surface area contributed by atoms with Crippen LogP contribution < -0.4 is 5.32 Å². The van der Waals surface area contributed by atoms with Gasteiger partial charge in [0.25, 0.3) is 5.91 Å². The van der Waals surface area contributed by atoms with Crippen molar-refractivity contribution < 1.29 is 18.0 Å². The fraction of sp³-hybridized carbons (Fsp3) is 0.333. The highest BCUT2D eigenvalue weighted by atomic mass is 35.5. The van der Waals surface area contributed by atoms with Crippen molar-refractivity contribution in [1.29, 1.82) is 0 Å². The Labute approximate surface area is 181 Å². The Morgan fingerprint density at radius 1 is 1.10 bits per heavy atom. The van der Waals surface area contributed by atoms with E-state index in [1.165, 1.54) is 16.8 Å². The summed E-state index contributed by atoms with van der Waals surface area (Å²) in [7, 11) is 0. The molecule has 1 aliphatic carbocycles. The van der Waals surface area contributed by atoms with Crippen molar-refractivity contribution in [3.63, 3.8) is 0 Å². The summed E-state index contributed by atoms with van der Waals surface area (Å²) in [5, 5.41) is 14.5. The summed E-state index contributed by atoms with van der Waals surface area (Å²) in [6, 6.07) is 11.7. The number of carbonyl (C=O) groups is 1. The predicted molar refractivity (Wildman–Crippen MR) is 109 cm³/mol. The van der Waals surface area contributed by atoms with E-state index < -0.39 is 17.6 Å². The van der Waals surface area contributed by atoms with Crippen LogP contribution >= 0.6 is 11.6 Å². The van der Waals surface area contributed by atoms with Gasteiger partial charge in [-0.3, -0.25) is 4.79 Å². The summed E-state index contributed by atoms with van der Waals surface area (Å²) in [4.78, 5) is 12.8. The molecule has 1 amide bonds. The lowest BCUT2D eigenvalue weighted by Gasteiger charge is -2.29. The van der Waals surface area contributed by atoms with E-state index in [1.807, 2.05) is 0 Å². The zero-order valence-electron chi connectivity index (χ0n) is 16.7. The molecule has 1 saturated carbocycles. The van der Waals surface area contributed by atoms with Gasteiger partial charge in [-0.15, -0.1) is 5.10 Å². The van der Waals surface area contributed by atoms with Gasteiger partial charge in [0.1, 0.15) is 5.54 Å². The first-order chi connectivity index (χ1) is 14.5. The number of aromatic nitrogens is 4. The van der Waals surface area contributed by atoms with Gasteiger partial charge >= 0.3 is 6.18 Å². The van der Waals surface area contributed by atoms with Crippen molar-refractivity contribution in [2.24, 2.45) is 0 Å². The topological polar surface area (TPSA) is 72.7 Å². The molecule has 0 atom stereocenters. The third-order valence-electron chi connectivity index (χ3n) is 5.17. The average Bonchev–Trinajstić information content (AvgIpc) is 3.43. The van der Waals surface area contributed by atoms with Gasteiger partial charge in [-0.05, 0) is 78.6 Å². The number of halogens is 4. The van der Waals surface area contributed by atoms with E-state index >= 15 is 0 Å². The number of alkyl halides is 3. The number of nitrogens with zero attached hydrogens (tertiary/aromatic N) is 4. The molecule has 162 valence electrons. The van der Waals surface area contributed by atoms with E-state index in [-0.39, 0.29) is 11.5 Å². The fourth-order valence-electron chi connectivity index (χ4n) is 3.07. The molecule has 0 saturated heterocycles. The Kier molecular flexibility index (Phi) is 5.25. The Morgan fingerprint density at radius 2 is 1.77 bits per heavy atom. The summed E-state index contributed by atoms with van der Waals surface area (Å²) in [5.74, 6) is 0.0475. The largest absolute Gasteiger partial charge is 0.410 e. The first-order valence-electron chi connectivity index (χ1n) is 9.64. The van der Waals surface area contributed by atoms with Crippen molar-refractivity contribution in [1.82, 2.24) is 25.5 Å². The second-order valence-corrected chi connectivity index (χ2v) is 8.51. The fourth-order valence-corrected chi connectivity index (χ4v) is 3.20. The highest BCUT2D eigenvalue weighted by Gasteiger charge is 2.48. The zero-order chi connectivity index (χ0) is 22.4. The number of rotatable bonds is 5. The number of carbonyl (C=O) groups excluding carboxylic acids is 1. The third kappa shape index (κ3) is 4.41. The summed E-state index contributed by atoms with van der Waals surface area (Å²) in [6.07, 6.45) is -2.68. The van der Waals surface area contributed by atoms with E-state index in [9.17, 15) is 18.0 Å². The van der Waals surface area contributed by atoms with Gasteiger partial charge in [-0.25, -0.2) is 0 Å². The lowest BCUT2D eigenvalue weighted by atomic mass is 10.00. The van der Waals surface area contributed by atoms with Gasteiger partial charge in [-0.2, -0.15) is 17.9 Å². The summed E-state index contributed by atoms with van der Waals surface area (Å²) >= 11 is 5.97. The van der Waals surface area contributed by atoms with Crippen LogP contribution in [0.2, 0.25) is 5.02 Å². The molecule has 4 rings (SSSR count). The molecule has 1 aliphatic rings. The van der Waals surface area contributed by atoms with Crippen LogP contribution in [-0.4, -0.2) is 37.8 Å². The molecule has 3 aromatic rings. The molecule has 0 radical (unpaired) electrons. The Bertz CT molecular complexity index is 1120. The van der Waals surface area contributed by atoms with Crippen molar-refractivity contribution in [2.45, 2.75) is 44.3 Å². The van der Waals surface area contributed by atoms with Crippen LogP contribution in [-0.2, 0) is 0 Å². The number of tetrazole rings is 1. The molecule has 1 heterocycles. The van der Waals surface area contributed by atoms with E-state index in [0.29, 0.717) is 22.1 Å². The highest BCUT2D eigenvalue weighted by Crippen LogP contribution is 2.39. The second-order valence-electron chi connectivity index (χ2n) is 8.08. The minimum atomic E-state index is -4.60. The number of hydrogen-bond acceptors (Lipinski definition) is 4. The van der Waals surface area contributed by atoms with Crippen LogP contribution in [0.3, 0.4) is 0 Å².